The summed E-state index contributed by atoms with van der Waals surface area (Å²) in [5, 5.41) is 20.6. The van der Waals surface area contributed by atoms with Crippen molar-refractivity contribution >= 4 is 11.6 Å². The van der Waals surface area contributed by atoms with Crippen molar-refractivity contribution in [3.8, 4) is 5.75 Å². The number of hydrogen-bond acceptors (Lipinski definition) is 5. The molecule has 0 bridgehead atoms. The van der Waals surface area contributed by atoms with Gasteiger partial charge in [-0.1, -0.05) is 36.2 Å². The highest BCUT2D eigenvalue weighted by Crippen LogP contribution is 2.39. The van der Waals surface area contributed by atoms with E-state index in [-0.39, 0.29) is 24.9 Å². The number of aliphatic hydroxyl groups is 2. The van der Waals surface area contributed by atoms with Gasteiger partial charge in [0.25, 0.3) is 0 Å². The van der Waals surface area contributed by atoms with E-state index in [1.165, 1.54) is 24.8 Å². The van der Waals surface area contributed by atoms with Gasteiger partial charge in [0.15, 0.2) is 0 Å². The first kappa shape index (κ1) is 23.5. The molecule has 2 aromatic rings. The van der Waals surface area contributed by atoms with E-state index in [2.05, 4.69) is 23.1 Å². The van der Waals surface area contributed by atoms with Gasteiger partial charge in [0.1, 0.15) is 5.75 Å². The number of benzene rings is 2. The van der Waals surface area contributed by atoms with Crippen LogP contribution in [0.15, 0.2) is 42.5 Å². The van der Waals surface area contributed by atoms with E-state index in [0.717, 1.165) is 35.0 Å². The van der Waals surface area contributed by atoms with E-state index in [1.54, 1.807) is 0 Å². The number of hydrogen-bond donors (Lipinski definition) is 2. The number of likely N-dealkylation sites (tertiary alicyclic amines) is 1. The second-order valence-corrected chi connectivity index (χ2v) is 9.24. The van der Waals surface area contributed by atoms with Crippen molar-refractivity contribution in [3.05, 3.63) is 64.2 Å². The molecule has 32 heavy (non-hydrogen) atoms. The van der Waals surface area contributed by atoms with Crippen LogP contribution in [0.5, 0.6) is 5.75 Å². The zero-order chi connectivity index (χ0) is 22.5. The molecule has 4 rings (SSSR count). The molecule has 2 N–H and O–H groups in total. The van der Waals surface area contributed by atoms with Crippen molar-refractivity contribution in [2.24, 2.45) is 0 Å². The van der Waals surface area contributed by atoms with Crippen molar-refractivity contribution in [2.45, 2.75) is 63.4 Å². The third kappa shape index (κ3) is 5.46. The average Bonchev–Trinajstić information content (AvgIpc) is 2.82. The average molecular weight is 460 g/mol. The number of piperidine rings is 1. The first-order valence-corrected chi connectivity index (χ1v) is 12.2. The second kappa shape index (κ2) is 11.0. The molecule has 5 nitrogen and oxygen atoms in total. The smallest absolute Gasteiger partial charge is 0.119 e. The summed E-state index contributed by atoms with van der Waals surface area (Å²) < 4.78 is 11.7. The standard InChI is InChI=1S/C26H34ClNO4/c1-2-31-21-9-6-18(7-10-21)26(28-12-4-3-5-13-28)23-14-19(8-11-24(23)27)25-16-20(30)15-22(17-29)32-25/h6-11,14,20,22,25-26,29-30H,2-5,12-13,15-17H2,1H3. The summed E-state index contributed by atoms with van der Waals surface area (Å²) in [6.45, 7) is 4.61. The quantitative estimate of drug-likeness (QED) is 0.617. The molecule has 2 aliphatic rings. The van der Waals surface area contributed by atoms with Gasteiger partial charge in [0, 0.05) is 17.9 Å². The van der Waals surface area contributed by atoms with E-state index >= 15 is 0 Å². The Hall–Kier alpha value is -1.63. The molecule has 0 saturated carbocycles. The Morgan fingerprint density at radius 1 is 1.09 bits per heavy atom. The molecule has 2 fully saturated rings. The Labute approximate surface area is 195 Å². The Morgan fingerprint density at radius 3 is 2.53 bits per heavy atom. The molecular weight excluding hydrogens is 426 g/mol. The molecule has 0 aromatic heterocycles. The van der Waals surface area contributed by atoms with E-state index in [4.69, 9.17) is 21.1 Å². The van der Waals surface area contributed by atoms with Crippen LogP contribution >= 0.6 is 11.6 Å². The molecule has 6 heteroatoms. The molecule has 174 valence electrons. The third-order valence-electron chi connectivity index (χ3n) is 6.53. The van der Waals surface area contributed by atoms with Gasteiger partial charge in [0.05, 0.1) is 37.6 Å². The number of nitrogens with zero attached hydrogens (tertiary/aromatic N) is 1. The number of halogens is 1. The van der Waals surface area contributed by atoms with Gasteiger partial charge in [-0.3, -0.25) is 4.90 Å². The lowest BCUT2D eigenvalue weighted by Gasteiger charge is -2.37. The number of ether oxygens (including phenoxy) is 2. The van der Waals surface area contributed by atoms with Crippen LogP contribution in [0, 0.1) is 0 Å². The minimum Gasteiger partial charge on any atom is -0.494 e. The number of aliphatic hydroxyl groups excluding tert-OH is 2. The summed E-state index contributed by atoms with van der Waals surface area (Å²) in [7, 11) is 0. The van der Waals surface area contributed by atoms with Gasteiger partial charge in [-0.15, -0.1) is 0 Å². The topological polar surface area (TPSA) is 62.2 Å². The fourth-order valence-corrected chi connectivity index (χ4v) is 5.19. The van der Waals surface area contributed by atoms with Crippen LogP contribution in [0.2, 0.25) is 5.02 Å². The van der Waals surface area contributed by atoms with E-state index in [0.29, 0.717) is 19.4 Å². The summed E-state index contributed by atoms with van der Waals surface area (Å²) in [5.74, 6) is 0.869. The van der Waals surface area contributed by atoms with Crippen LogP contribution in [-0.2, 0) is 4.74 Å². The molecule has 0 amide bonds. The van der Waals surface area contributed by atoms with Crippen molar-refractivity contribution in [1.29, 1.82) is 0 Å². The van der Waals surface area contributed by atoms with Gasteiger partial charge in [-0.25, -0.2) is 0 Å². The van der Waals surface area contributed by atoms with Crippen LogP contribution in [0.3, 0.4) is 0 Å². The molecule has 4 atom stereocenters. The van der Waals surface area contributed by atoms with Gasteiger partial charge < -0.3 is 19.7 Å². The molecule has 2 aromatic carbocycles. The first-order chi connectivity index (χ1) is 15.6. The fraction of sp³-hybridized carbons (Fsp3) is 0.538. The first-order valence-electron chi connectivity index (χ1n) is 11.8. The predicted octanol–water partition coefficient (Wildman–Crippen LogP) is 4.89. The summed E-state index contributed by atoms with van der Waals surface area (Å²) in [6, 6.07) is 14.4. The lowest BCUT2D eigenvalue weighted by Crippen LogP contribution is -2.35. The Kier molecular flexibility index (Phi) is 8.08. The monoisotopic (exact) mass is 459 g/mol. The van der Waals surface area contributed by atoms with E-state index < -0.39 is 6.10 Å². The Bertz CT molecular complexity index is 869. The molecule has 2 heterocycles. The Balaban J connectivity index is 1.69. The molecule has 0 spiro atoms. The Morgan fingerprint density at radius 2 is 1.84 bits per heavy atom. The summed E-state index contributed by atoms with van der Waals surface area (Å²) in [6.07, 6.45) is 3.54. The van der Waals surface area contributed by atoms with Crippen molar-refractivity contribution < 1.29 is 19.7 Å². The zero-order valence-corrected chi connectivity index (χ0v) is 19.5. The maximum absolute atomic E-state index is 10.3. The maximum atomic E-state index is 10.3. The van der Waals surface area contributed by atoms with Crippen LogP contribution in [0.1, 0.15) is 67.9 Å². The van der Waals surface area contributed by atoms with Crippen LogP contribution < -0.4 is 4.74 Å². The van der Waals surface area contributed by atoms with Gasteiger partial charge in [-0.2, -0.15) is 0 Å². The highest BCUT2D eigenvalue weighted by atomic mass is 35.5. The minimum absolute atomic E-state index is 0.0422. The van der Waals surface area contributed by atoms with Crippen LogP contribution in [0.4, 0.5) is 0 Å². The third-order valence-corrected chi connectivity index (χ3v) is 6.87. The van der Waals surface area contributed by atoms with E-state index in [1.807, 2.05) is 31.2 Å². The highest BCUT2D eigenvalue weighted by Gasteiger charge is 2.31. The predicted molar refractivity (Wildman–Crippen MR) is 126 cm³/mol. The molecule has 0 radical (unpaired) electrons. The van der Waals surface area contributed by atoms with Gasteiger partial charge in [0.2, 0.25) is 0 Å². The lowest BCUT2D eigenvalue weighted by molar-refractivity contribution is -0.113. The number of rotatable bonds is 7. The molecule has 2 saturated heterocycles. The highest BCUT2D eigenvalue weighted by molar-refractivity contribution is 6.31. The maximum Gasteiger partial charge on any atom is 0.119 e. The SMILES string of the molecule is CCOc1ccc(C(c2cc(C3CC(O)CC(CO)O3)ccc2Cl)N2CCCCC2)cc1. The van der Waals surface area contributed by atoms with Crippen molar-refractivity contribution in [3.63, 3.8) is 0 Å². The van der Waals surface area contributed by atoms with Gasteiger partial charge >= 0.3 is 0 Å². The van der Waals surface area contributed by atoms with Crippen LogP contribution in [0.25, 0.3) is 0 Å². The zero-order valence-electron chi connectivity index (χ0n) is 18.8. The lowest BCUT2D eigenvalue weighted by atomic mass is 9.90. The molecule has 0 aliphatic carbocycles. The fourth-order valence-electron chi connectivity index (χ4n) is 4.97. The summed E-state index contributed by atoms with van der Waals surface area (Å²) >= 11 is 6.78. The van der Waals surface area contributed by atoms with Crippen molar-refractivity contribution in [2.75, 3.05) is 26.3 Å². The van der Waals surface area contributed by atoms with Gasteiger partial charge in [-0.05, 0) is 73.8 Å². The minimum atomic E-state index is -0.478. The van der Waals surface area contributed by atoms with Crippen LogP contribution in [-0.4, -0.2) is 53.6 Å². The molecular formula is C26H34ClNO4. The molecule has 2 aliphatic heterocycles. The second-order valence-electron chi connectivity index (χ2n) is 8.84. The molecule has 4 unspecified atom stereocenters. The summed E-state index contributed by atoms with van der Waals surface area (Å²) in [5.41, 5.74) is 3.24. The summed E-state index contributed by atoms with van der Waals surface area (Å²) in [4.78, 5) is 2.51. The normalized spacial score (nSPS) is 25.4. The van der Waals surface area contributed by atoms with E-state index in [9.17, 15) is 10.2 Å². The largest absolute Gasteiger partial charge is 0.494 e. The van der Waals surface area contributed by atoms with Crippen molar-refractivity contribution in [1.82, 2.24) is 4.90 Å².